The second-order valence-electron chi connectivity index (χ2n) is 7.17. The van der Waals surface area contributed by atoms with Gasteiger partial charge in [-0.25, -0.2) is 0 Å². The van der Waals surface area contributed by atoms with Crippen LogP contribution in [0.1, 0.15) is 27.3 Å². The monoisotopic (exact) mass is 429 g/mol. The van der Waals surface area contributed by atoms with E-state index in [9.17, 15) is 9.59 Å². The highest BCUT2D eigenvalue weighted by molar-refractivity contribution is 6.05. The maximum Gasteiger partial charge on any atom is 0.287 e. The highest BCUT2D eigenvalue weighted by atomic mass is 16.5. The van der Waals surface area contributed by atoms with Crippen molar-refractivity contribution >= 4 is 34.2 Å². The Hall–Kier alpha value is -4.26. The van der Waals surface area contributed by atoms with Crippen molar-refractivity contribution in [2.24, 2.45) is 0 Å². The Morgan fingerprint density at radius 2 is 1.66 bits per heavy atom. The van der Waals surface area contributed by atoms with Gasteiger partial charge in [-0.15, -0.1) is 0 Å². The minimum Gasteiger partial charge on any atom is -0.494 e. The summed E-state index contributed by atoms with van der Waals surface area (Å²) in [5.41, 5.74) is 8.12. The summed E-state index contributed by atoms with van der Waals surface area (Å²) in [7, 11) is 0. The quantitative estimate of drug-likeness (QED) is 0.283. The Morgan fingerprint density at radius 1 is 0.906 bits per heavy atom. The number of para-hydroxylation sites is 3. The molecule has 0 aliphatic heterocycles. The van der Waals surface area contributed by atoms with E-state index in [2.05, 4.69) is 10.6 Å². The Morgan fingerprint density at radius 3 is 2.44 bits per heavy atom. The smallest absolute Gasteiger partial charge is 0.287 e. The summed E-state index contributed by atoms with van der Waals surface area (Å²) in [5.74, 6) is 0.431. The number of hydrogen-bond acceptors (Lipinski definition) is 5. The van der Waals surface area contributed by atoms with Crippen LogP contribution in [-0.2, 0) is 0 Å². The summed E-state index contributed by atoms with van der Waals surface area (Å²) < 4.78 is 11.2. The second-order valence-corrected chi connectivity index (χ2v) is 7.17. The predicted octanol–water partition coefficient (Wildman–Crippen LogP) is 4.47. The van der Waals surface area contributed by atoms with Crippen molar-refractivity contribution in [3.63, 3.8) is 0 Å². The average molecular weight is 429 g/mol. The molecule has 0 aliphatic rings. The lowest BCUT2D eigenvalue weighted by molar-refractivity contribution is 0.0925. The first-order chi connectivity index (χ1) is 15.6. The number of nitrogens with one attached hydrogen (secondary N) is 2. The van der Waals surface area contributed by atoms with E-state index in [1.54, 1.807) is 48.5 Å². The molecule has 7 heteroatoms. The number of ether oxygens (including phenoxy) is 1. The van der Waals surface area contributed by atoms with E-state index in [4.69, 9.17) is 14.9 Å². The summed E-state index contributed by atoms with van der Waals surface area (Å²) in [4.78, 5) is 24.6. The zero-order chi connectivity index (χ0) is 22.3. The van der Waals surface area contributed by atoms with Crippen LogP contribution in [0.5, 0.6) is 5.75 Å². The third kappa shape index (κ3) is 5.07. The molecule has 1 aromatic heterocycles. The van der Waals surface area contributed by atoms with Gasteiger partial charge in [0.2, 0.25) is 0 Å². The van der Waals surface area contributed by atoms with Crippen LogP contribution in [0.2, 0.25) is 0 Å². The summed E-state index contributed by atoms with van der Waals surface area (Å²) in [6, 6.07) is 23.1. The fourth-order valence-corrected chi connectivity index (χ4v) is 3.15. The molecule has 1 heterocycles. The Bertz CT molecular complexity index is 1200. The van der Waals surface area contributed by atoms with Crippen LogP contribution in [0.4, 0.5) is 11.4 Å². The number of anilines is 2. The molecule has 4 rings (SSSR count). The summed E-state index contributed by atoms with van der Waals surface area (Å²) in [6.07, 6.45) is 0.626. The first kappa shape index (κ1) is 21.0. The van der Waals surface area contributed by atoms with Crippen LogP contribution < -0.4 is 21.1 Å². The van der Waals surface area contributed by atoms with Gasteiger partial charge in [-0.1, -0.05) is 30.3 Å². The fourth-order valence-electron chi connectivity index (χ4n) is 3.15. The van der Waals surface area contributed by atoms with Crippen LogP contribution in [0.15, 0.2) is 83.3 Å². The second kappa shape index (κ2) is 9.70. The Labute approximate surface area is 185 Å². The molecule has 0 atom stereocenters. The van der Waals surface area contributed by atoms with Gasteiger partial charge in [0, 0.05) is 17.5 Å². The number of amides is 2. The van der Waals surface area contributed by atoms with E-state index in [1.165, 1.54) is 0 Å². The van der Waals surface area contributed by atoms with Crippen molar-refractivity contribution in [2.75, 3.05) is 24.2 Å². The molecule has 2 amide bonds. The van der Waals surface area contributed by atoms with Crippen molar-refractivity contribution in [1.29, 1.82) is 0 Å². The first-order valence-corrected chi connectivity index (χ1v) is 10.3. The molecule has 3 aromatic carbocycles. The maximum atomic E-state index is 12.4. The van der Waals surface area contributed by atoms with Gasteiger partial charge >= 0.3 is 0 Å². The highest BCUT2D eigenvalue weighted by Crippen LogP contribution is 2.20. The van der Waals surface area contributed by atoms with Crippen LogP contribution in [0, 0.1) is 0 Å². The third-order valence-corrected chi connectivity index (χ3v) is 4.85. The molecule has 32 heavy (non-hydrogen) atoms. The fraction of sp³-hybridized carbons (Fsp3) is 0.120. The van der Waals surface area contributed by atoms with Crippen LogP contribution in [0.25, 0.3) is 11.0 Å². The summed E-state index contributed by atoms with van der Waals surface area (Å²) in [6.45, 7) is 0.876. The lowest BCUT2D eigenvalue weighted by Crippen LogP contribution is -2.25. The van der Waals surface area contributed by atoms with E-state index < -0.39 is 0 Å². The largest absolute Gasteiger partial charge is 0.494 e. The number of furan rings is 1. The van der Waals surface area contributed by atoms with Gasteiger partial charge in [-0.05, 0) is 55.0 Å². The molecule has 0 fully saturated rings. The molecule has 0 saturated heterocycles. The summed E-state index contributed by atoms with van der Waals surface area (Å²) >= 11 is 0. The van der Waals surface area contributed by atoms with Gasteiger partial charge in [0.05, 0.1) is 18.0 Å². The molecule has 4 aromatic rings. The number of carbonyl (C=O) groups is 2. The Balaban J connectivity index is 1.20. The number of carbonyl (C=O) groups excluding carboxylic acids is 2. The molecule has 0 unspecified atom stereocenters. The number of rotatable bonds is 8. The topological polar surface area (TPSA) is 107 Å². The van der Waals surface area contributed by atoms with Crippen LogP contribution >= 0.6 is 0 Å². The minimum absolute atomic E-state index is 0.247. The molecule has 0 aliphatic carbocycles. The molecule has 4 N–H and O–H groups in total. The average Bonchev–Trinajstić information content (AvgIpc) is 3.25. The standard InChI is InChI=1S/C25H23N3O4/c26-20-7-2-3-8-21(20)28-24(29)17-10-12-19(13-11-17)31-15-5-14-27-25(30)23-16-18-6-1-4-9-22(18)32-23/h1-4,6-13,16H,5,14-15,26H2,(H,27,30)(H,28,29). The summed E-state index contributed by atoms with van der Waals surface area (Å²) in [5, 5.41) is 6.50. The number of fused-ring (bicyclic) bond motifs is 1. The molecule has 7 nitrogen and oxygen atoms in total. The van der Waals surface area contributed by atoms with Gasteiger partial charge < -0.3 is 25.5 Å². The van der Waals surface area contributed by atoms with Gasteiger partial charge in [0.25, 0.3) is 11.8 Å². The molecular weight excluding hydrogens is 406 g/mol. The molecule has 0 saturated carbocycles. The zero-order valence-electron chi connectivity index (χ0n) is 17.3. The van der Waals surface area contributed by atoms with E-state index >= 15 is 0 Å². The van der Waals surface area contributed by atoms with Crippen molar-refractivity contribution < 1.29 is 18.7 Å². The first-order valence-electron chi connectivity index (χ1n) is 10.3. The number of benzene rings is 3. The van der Waals surface area contributed by atoms with Crippen LogP contribution in [-0.4, -0.2) is 25.0 Å². The molecule has 162 valence electrons. The number of nitrogens with two attached hydrogens (primary N) is 1. The van der Waals surface area contributed by atoms with E-state index in [-0.39, 0.29) is 11.8 Å². The molecule has 0 bridgehead atoms. The van der Waals surface area contributed by atoms with Crippen molar-refractivity contribution in [3.8, 4) is 5.75 Å². The normalized spacial score (nSPS) is 10.6. The minimum atomic E-state index is -0.254. The van der Waals surface area contributed by atoms with Crippen molar-refractivity contribution in [3.05, 3.63) is 90.2 Å². The number of hydrogen-bond donors (Lipinski definition) is 3. The maximum absolute atomic E-state index is 12.4. The predicted molar refractivity (Wildman–Crippen MR) is 124 cm³/mol. The van der Waals surface area contributed by atoms with Crippen molar-refractivity contribution in [1.82, 2.24) is 5.32 Å². The lowest BCUT2D eigenvalue weighted by Gasteiger charge is -2.09. The SMILES string of the molecule is Nc1ccccc1NC(=O)c1ccc(OCCCNC(=O)c2cc3ccccc3o2)cc1. The highest BCUT2D eigenvalue weighted by Gasteiger charge is 2.11. The van der Waals surface area contributed by atoms with Crippen molar-refractivity contribution in [2.45, 2.75) is 6.42 Å². The van der Waals surface area contributed by atoms with Crippen LogP contribution in [0.3, 0.4) is 0 Å². The van der Waals surface area contributed by atoms with Gasteiger partial charge in [0.1, 0.15) is 11.3 Å². The Kier molecular flexibility index (Phi) is 6.36. The van der Waals surface area contributed by atoms with E-state index in [1.807, 2.05) is 30.3 Å². The number of nitrogen functional groups attached to an aromatic ring is 1. The van der Waals surface area contributed by atoms with E-state index in [0.29, 0.717) is 53.6 Å². The molecule has 0 radical (unpaired) electrons. The van der Waals surface area contributed by atoms with Gasteiger partial charge in [-0.2, -0.15) is 0 Å². The third-order valence-electron chi connectivity index (χ3n) is 4.85. The molecular formula is C25H23N3O4. The van der Waals surface area contributed by atoms with Gasteiger partial charge in [-0.3, -0.25) is 9.59 Å². The lowest BCUT2D eigenvalue weighted by atomic mass is 10.2. The zero-order valence-corrected chi connectivity index (χ0v) is 17.3. The molecule has 0 spiro atoms. The van der Waals surface area contributed by atoms with E-state index in [0.717, 1.165) is 5.39 Å². The van der Waals surface area contributed by atoms with Gasteiger partial charge in [0.15, 0.2) is 5.76 Å².